The first-order valence-corrected chi connectivity index (χ1v) is 7.50. The lowest BCUT2D eigenvalue weighted by Gasteiger charge is -2.36. The Kier molecular flexibility index (Phi) is 8.06. The van der Waals surface area contributed by atoms with Gasteiger partial charge < -0.3 is 25.4 Å². The van der Waals surface area contributed by atoms with Gasteiger partial charge in [-0.05, 0) is 6.42 Å². The highest BCUT2D eigenvalue weighted by atomic mass is 16.6. The van der Waals surface area contributed by atoms with Gasteiger partial charge in [0.25, 0.3) is 0 Å². The fraction of sp³-hybridized carbons (Fsp3) is 0.929. The van der Waals surface area contributed by atoms with Crippen molar-refractivity contribution in [2.75, 3.05) is 6.61 Å². The summed E-state index contributed by atoms with van der Waals surface area (Å²) in [6.45, 7) is 1.88. The zero-order valence-corrected chi connectivity index (χ0v) is 12.1. The van der Waals surface area contributed by atoms with Crippen molar-refractivity contribution in [1.29, 1.82) is 0 Å². The van der Waals surface area contributed by atoms with Gasteiger partial charge in [0.15, 0.2) is 6.29 Å². The van der Waals surface area contributed by atoms with Gasteiger partial charge in [0.1, 0.15) is 6.04 Å². The van der Waals surface area contributed by atoms with Gasteiger partial charge in [-0.3, -0.25) is 4.79 Å². The van der Waals surface area contributed by atoms with Crippen molar-refractivity contribution < 1.29 is 24.9 Å². The molecule has 0 aliphatic carbocycles. The number of hydrogen-bond donors (Lipinski definition) is 4. The number of carbonyl (C=O) groups excluding carboxylic acids is 1. The van der Waals surface area contributed by atoms with Crippen LogP contribution in [0, 0.1) is 0 Å². The fourth-order valence-corrected chi connectivity index (χ4v) is 2.38. The lowest BCUT2D eigenvalue weighted by molar-refractivity contribution is -0.214. The third-order valence-electron chi connectivity index (χ3n) is 3.60. The molecule has 4 N–H and O–H groups in total. The van der Waals surface area contributed by atoms with E-state index >= 15 is 0 Å². The second kappa shape index (κ2) is 9.28. The molecule has 6 nitrogen and oxygen atoms in total. The molecule has 1 heterocycles. The van der Waals surface area contributed by atoms with Crippen LogP contribution in [0.15, 0.2) is 0 Å². The van der Waals surface area contributed by atoms with E-state index in [2.05, 4.69) is 12.2 Å². The third-order valence-corrected chi connectivity index (χ3v) is 3.60. The maximum absolute atomic E-state index is 11.7. The van der Waals surface area contributed by atoms with Crippen LogP contribution < -0.4 is 5.32 Å². The van der Waals surface area contributed by atoms with E-state index in [9.17, 15) is 15.0 Å². The van der Waals surface area contributed by atoms with Crippen molar-refractivity contribution in [2.45, 2.75) is 76.4 Å². The molecule has 1 aliphatic rings. The number of hydrogen-bond acceptors (Lipinski definition) is 5. The van der Waals surface area contributed by atoms with Crippen molar-refractivity contribution in [3.63, 3.8) is 0 Å². The Morgan fingerprint density at radius 2 is 1.95 bits per heavy atom. The van der Waals surface area contributed by atoms with Crippen molar-refractivity contribution >= 4 is 5.91 Å². The van der Waals surface area contributed by atoms with E-state index in [1.165, 1.54) is 6.42 Å². The Bertz CT molecular complexity index is 275. The number of unbranched alkanes of at least 4 members (excludes halogenated alkanes) is 4. The van der Waals surface area contributed by atoms with Crippen LogP contribution in [0.5, 0.6) is 0 Å². The zero-order valence-electron chi connectivity index (χ0n) is 12.1. The maximum atomic E-state index is 11.7. The number of nitrogens with one attached hydrogen (secondary N) is 1. The van der Waals surface area contributed by atoms with E-state index in [4.69, 9.17) is 9.84 Å². The third kappa shape index (κ3) is 5.75. The highest BCUT2D eigenvalue weighted by Crippen LogP contribution is 2.19. The summed E-state index contributed by atoms with van der Waals surface area (Å²) >= 11 is 0. The molecule has 1 fully saturated rings. The summed E-state index contributed by atoms with van der Waals surface area (Å²) in [6.07, 6.45) is 3.12. The van der Waals surface area contributed by atoms with Crippen molar-refractivity contribution in [3.05, 3.63) is 0 Å². The Hall–Kier alpha value is -0.690. The molecule has 1 rings (SSSR count). The Balaban J connectivity index is 2.26. The lowest BCUT2D eigenvalue weighted by atomic mass is 10.00. The van der Waals surface area contributed by atoms with Crippen LogP contribution in [0.25, 0.3) is 0 Å². The smallest absolute Gasteiger partial charge is 0.220 e. The Labute approximate surface area is 120 Å². The van der Waals surface area contributed by atoms with E-state index in [0.717, 1.165) is 25.7 Å². The molecule has 1 saturated heterocycles. The summed E-state index contributed by atoms with van der Waals surface area (Å²) in [4.78, 5) is 11.7. The molecule has 0 spiro atoms. The van der Waals surface area contributed by atoms with Crippen LogP contribution in [0.3, 0.4) is 0 Å². The highest BCUT2D eigenvalue weighted by Gasteiger charge is 2.37. The first-order valence-electron chi connectivity index (χ1n) is 7.50. The van der Waals surface area contributed by atoms with E-state index in [0.29, 0.717) is 6.42 Å². The van der Waals surface area contributed by atoms with E-state index < -0.39 is 24.5 Å². The highest BCUT2D eigenvalue weighted by molar-refractivity contribution is 5.76. The minimum atomic E-state index is -1.28. The topological polar surface area (TPSA) is 99.0 Å². The molecule has 6 heteroatoms. The standard InChI is InChI=1S/C14H27NO5/c1-2-3-4-5-6-7-12(18)15-13-11(17)8-10(9-16)20-14(13)19/h10-11,13-14,16-17,19H,2-9H2,1H3,(H,15,18). The molecule has 0 aromatic carbocycles. The first-order chi connectivity index (χ1) is 9.58. The second-order valence-corrected chi connectivity index (χ2v) is 5.39. The summed E-state index contributed by atoms with van der Waals surface area (Å²) in [5, 5.41) is 31.1. The number of aliphatic hydroxyl groups is 3. The molecule has 4 atom stereocenters. The van der Waals surface area contributed by atoms with Gasteiger partial charge in [0, 0.05) is 12.8 Å². The summed E-state index contributed by atoms with van der Waals surface area (Å²) in [6, 6.07) is -0.819. The van der Waals surface area contributed by atoms with Crippen LogP contribution >= 0.6 is 0 Å². The fourth-order valence-electron chi connectivity index (χ4n) is 2.38. The van der Waals surface area contributed by atoms with Gasteiger partial charge in [0.2, 0.25) is 5.91 Å². The van der Waals surface area contributed by atoms with Crippen molar-refractivity contribution in [3.8, 4) is 0 Å². The van der Waals surface area contributed by atoms with Gasteiger partial charge in [0.05, 0.1) is 18.8 Å². The molecule has 118 valence electrons. The van der Waals surface area contributed by atoms with E-state index in [1.54, 1.807) is 0 Å². The van der Waals surface area contributed by atoms with Crippen LogP contribution in [-0.4, -0.2) is 52.4 Å². The Morgan fingerprint density at radius 1 is 1.25 bits per heavy atom. The molecular formula is C14H27NO5. The van der Waals surface area contributed by atoms with Gasteiger partial charge in [-0.25, -0.2) is 0 Å². The van der Waals surface area contributed by atoms with Gasteiger partial charge in [-0.1, -0.05) is 32.6 Å². The minimum absolute atomic E-state index is 0.185. The predicted molar refractivity (Wildman–Crippen MR) is 73.9 cm³/mol. The lowest BCUT2D eigenvalue weighted by Crippen LogP contribution is -2.57. The molecule has 0 aromatic heterocycles. The zero-order chi connectivity index (χ0) is 15.0. The average Bonchev–Trinajstić information content (AvgIpc) is 2.42. The normalized spacial score (nSPS) is 30.2. The predicted octanol–water partition coefficient (Wildman–Crippen LogP) is 0.292. The molecule has 0 saturated carbocycles. The molecule has 1 aliphatic heterocycles. The molecule has 4 unspecified atom stereocenters. The summed E-state index contributed by atoms with van der Waals surface area (Å²) in [5.41, 5.74) is 0. The summed E-state index contributed by atoms with van der Waals surface area (Å²) in [5.74, 6) is -0.185. The SMILES string of the molecule is CCCCCCCC(=O)NC1C(O)CC(CO)OC1O. The van der Waals surface area contributed by atoms with Crippen LogP contribution in [0.1, 0.15) is 51.9 Å². The number of carbonyl (C=O) groups is 1. The molecule has 1 amide bonds. The number of rotatable bonds is 8. The molecule has 0 bridgehead atoms. The minimum Gasteiger partial charge on any atom is -0.394 e. The first kappa shape index (κ1) is 17.4. The molecule has 0 radical (unpaired) electrons. The second-order valence-electron chi connectivity index (χ2n) is 5.39. The average molecular weight is 289 g/mol. The number of amides is 1. The van der Waals surface area contributed by atoms with E-state index in [-0.39, 0.29) is 18.9 Å². The molecule has 20 heavy (non-hydrogen) atoms. The van der Waals surface area contributed by atoms with Crippen molar-refractivity contribution in [1.82, 2.24) is 5.32 Å². The Morgan fingerprint density at radius 3 is 2.55 bits per heavy atom. The molecule has 0 aromatic rings. The van der Waals surface area contributed by atoms with Gasteiger partial charge in [-0.2, -0.15) is 0 Å². The largest absolute Gasteiger partial charge is 0.394 e. The quantitative estimate of drug-likeness (QED) is 0.481. The van der Waals surface area contributed by atoms with Crippen molar-refractivity contribution in [2.24, 2.45) is 0 Å². The number of aliphatic hydroxyl groups excluding tert-OH is 3. The summed E-state index contributed by atoms with van der Waals surface area (Å²) in [7, 11) is 0. The van der Waals surface area contributed by atoms with Gasteiger partial charge in [-0.15, -0.1) is 0 Å². The van der Waals surface area contributed by atoms with Crippen LogP contribution in [-0.2, 0) is 9.53 Å². The molecular weight excluding hydrogens is 262 g/mol. The maximum Gasteiger partial charge on any atom is 0.220 e. The monoisotopic (exact) mass is 289 g/mol. The summed E-state index contributed by atoms with van der Waals surface area (Å²) < 4.78 is 5.11. The number of ether oxygens (including phenoxy) is 1. The van der Waals surface area contributed by atoms with Gasteiger partial charge >= 0.3 is 0 Å². The van der Waals surface area contributed by atoms with Crippen LogP contribution in [0.4, 0.5) is 0 Å². The van der Waals surface area contributed by atoms with E-state index in [1.807, 2.05) is 0 Å². The van der Waals surface area contributed by atoms with Crippen LogP contribution in [0.2, 0.25) is 0 Å².